The van der Waals surface area contributed by atoms with Gasteiger partial charge in [0.15, 0.2) is 0 Å². The topological polar surface area (TPSA) is 12.0 Å². The molecule has 0 fully saturated rings. The number of rotatable bonds is 3. The van der Waals surface area contributed by atoms with E-state index in [9.17, 15) is 0 Å². The number of anilines is 1. The van der Waals surface area contributed by atoms with E-state index in [2.05, 4.69) is 53.8 Å². The molecular weight excluding hydrogens is 194 g/mol. The molecule has 0 radical (unpaired) electrons. The van der Waals surface area contributed by atoms with Crippen LogP contribution in [-0.2, 0) is 0 Å². The molecule has 0 heterocycles. The van der Waals surface area contributed by atoms with Crippen molar-refractivity contribution in [3.8, 4) is 11.1 Å². The minimum atomic E-state index is 1.11. The molecule has 0 aliphatic carbocycles. The molecule has 0 aliphatic rings. The average molecular weight is 209 g/mol. The lowest BCUT2D eigenvalue weighted by atomic mass is 10.1. The largest absolute Gasteiger partial charge is 0.362 e. The number of allylic oxidation sites excluding steroid dienone is 1. The van der Waals surface area contributed by atoms with Crippen LogP contribution in [0.5, 0.6) is 0 Å². The Hall–Kier alpha value is -2.02. The van der Waals surface area contributed by atoms with Gasteiger partial charge in [0.2, 0.25) is 0 Å². The summed E-state index contributed by atoms with van der Waals surface area (Å²) in [7, 11) is 0. The van der Waals surface area contributed by atoms with Crippen LogP contribution in [0.2, 0.25) is 0 Å². The molecule has 0 spiro atoms. The Bertz CT molecular complexity index is 472. The second-order valence-electron chi connectivity index (χ2n) is 3.59. The zero-order valence-electron chi connectivity index (χ0n) is 9.35. The van der Waals surface area contributed by atoms with Crippen LogP contribution in [0.1, 0.15) is 6.92 Å². The van der Waals surface area contributed by atoms with E-state index in [4.69, 9.17) is 0 Å². The molecule has 0 aliphatic heterocycles. The van der Waals surface area contributed by atoms with Crippen LogP contribution in [-0.4, -0.2) is 0 Å². The molecular formula is C15H15N. The van der Waals surface area contributed by atoms with E-state index in [1.54, 1.807) is 0 Å². The van der Waals surface area contributed by atoms with Gasteiger partial charge in [0, 0.05) is 5.69 Å². The molecule has 0 bridgehead atoms. The van der Waals surface area contributed by atoms with E-state index in [-0.39, 0.29) is 0 Å². The molecule has 1 N–H and O–H groups in total. The van der Waals surface area contributed by atoms with E-state index in [1.165, 1.54) is 11.1 Å². The third kappa shape index (κ3) is 2.51. The first-order valence-electron chi connectivity index (χ1n) is 5.43. The van der Waals surface area contributed by atoms with Gasteiger partial charge in [0.1, 0.15) is 0 Å². The summed E-state index contributed by atoms with van der Waals surface area (Å²) in [5.74, 6) is 0. The summed E-state index contributed by atoms with van der Waals surface area (Å²) < 4.78 is 0. The van der Waals surface area contributed by atoms with Crippen molar-refractivity contribution in [2.75, 3.05) is 5.32 Å². The van der Waals surface area contributed by atoms with Crippen molar-refractivity contribution in [1.29, 1.82) is 0 Å². The Labute approximate surface area is 96.4 Å². The van der Waals surface area contributed by atoms with Crippen LogP contribution in [0.15, 0.2) is 66.9 Å². The third-order valence-corrected chi connectivity index (χ3v) is 2.39. The predicted molar refractivity (Wildman–Crippen MR) is 70.3 cm³/mol. The van der Waals surface area contributed by atoms with Gasteiger partial charge in [-0.25, -0.2) is 0 Å². The molecule has 16 heavy (non-hydrogen) atoms. The van der Waals surface area contributed by atoms with Crippen LogP contribution in [0.25, 0.3) is 11.1 Å². The Kier molecular flexibility index (Phi) is 3.39. The van der Waals surface area contributed by atoms with E-state index in [1.807, 2.05) is 25.3 Å². The van der Waals surface area contributed by atoms with E-state index in [0.29, 0.717) is 0 Å². The predicted octanol–water partition coefficient (Wildman–Crippen LogP) is 4.30. The van der Waals surface area contributed by atoms with Gasteiger partial charge in [0.25, 0.3) is 0 Å². The zero-order chi connectivity index (χ0) is 11.2. The minimum Gasteiger partial charge on any atom is -0.362 e. The van der Waals surface area contributed by atoms with Crippen molar-refractivity contribution in [2.45, 2.75) is 6.92 Å². The fourth-order valence-electron chi connectivity index (χ4n) is 1.60. The van der Waals surface area contributed by atoms with Gasteiger partial charge >= 0.3 is 0 Å². The van der Waals surface area contributed by atoms with Gasteiger partial charge in [-0.1, -0.05) is 48.5 Å². The van der Waals surface area contributed by atoms with E-state index < -0.39 is 0 Å². The molecule has 2 rings (SSSR count). The van der Waals surface area contributed by atoms with Crippen molar-refractivity contribution in [3.63, 3.8) is 0 Å². The van der Waals surface area contributed by atoms with Crippen molar-refractivity contribution in [3.05, 3.63) is 66.9 Å². The standard InChI is InChI=1S/C15H15N/c1-2-11-16-15-10-6-9-14(12-15)13-7-4-3-5-8-13/h2-12,16H,1H3/b11-2-. The fourth-order valence-corrected chi connectivity index (χ4v) is 1.60. The maximum Gasteiger partial charge on any atom is 0.0385 e. The van der Waals surface area contributed by atoms with Crippen LogP contribution in [0.4, 0.5) is 5.69 Å². The molecule has 2 aromatic rings. The van der Waals surface area contributed by atoms with Gasteiger partial charge in [-0.2, -0.15) is 0 Å². The summed E-state index contributed by atoms with van der Waals surface area (Å²) in [6.45, 7) is 1.99. The van der Waals surface area contributed by atoms with Crippen molar-refractivity contribution < 1.29 is 0 Å². The van der Waals surface area contributed by atoms with Gasteiger partial charge in [-0.05, 0) is 36.4 Å². The van der Waals surface area contributed by atoms with Crippen LogP contribution in [0, 0.1) is 0 Å². The number of benzene rings is 2. The summed E-state index contributed by atoms with van der Waals surface area (Å²) in [6, 6.07) is 18.8. The van der Waals surface area contributed by atoms with Crippen LogP contribution < -0.4 is 5.32 Å². The smallest absolute Gasteiger partial charge is 0.0385 e. The molecule has 1 heteroatoms. The quantitative estimate of drug-likeness (QED) is 0.794. The average Bonchev–Trinajstić information content (AvgIpc) is 2.38. The molecule has 0 aromatic heterocycles. The lowest BCUT2D eigenvalue weighted by Crippen LogP contribution is -1.87. The van der Waals surface area contributed by atoms with Crippen LogP contribution in [0.3, 0.4) is 0 Å². The molecule has 2 aromatic carbocycles. The van der Waals surface area contributed by atoms with Crippen molar-refractivity contribution in [1.82, 2.24) is 0 Å². The van der Waals surface area contributed by atoms with E-state index in [0.717, 1.165) is 5.69 Å². The Balaban J connectivity index is 2.29. The lowest BCUT2D eigenvalue weighted by Gasteiger charge is -2.05. The first kappa shape index (κ1) is 10.5. The monoisotopic (exact) mass is 209 g/mol. The second-order valence-corrected chi connectivity index (χ2v) is 3.59. The zero-order valence-corrected chi connectivity index (χ0v) is 9.35. The minimum absolute atomic E-state index is 1.11. The number of hydrogen-bond acceptors (Lipinski definition) is 1. The first-order valence-corrected chi connectivity index (χ1v) is 5.43. The summed E-state index contributed by atoms with van der Waals surface area (Å²) in [4.78, 5) is 0. The van der Waals surface area contributed by atoms with E-state index >= 15 is 0 Å². The molecule has 0 amide bonds. The maximum absolute atomic E-state index is 3.22. The van der Waals surface area contributed by atoms with Crippen LogP contribution >= 0.6 is 0 Å². The Morgan fingerprint density at radius 1 is 0.875 bits per heavy atom. The fraction of sp³-hybridized carbons (Fsp3) is 0.0667. The highest BCUT2D eigenvalue weighted by molar-refractivity contribution is 5.68. The SMILES string of the molecule is C/C=C\Nc1cccc(-c2ccccc2)c1. The molecule has 0 unspecified atom stereocenters. The van der Waals surface area contributed by atoms with Gasteiger partial charge in [-0.15, -0.1) is 0 Å². The summed E-state index contributed by atoms with van der Waals surface area (Å²) >= 11 is 0. The summed E-state index contributed by atoms with van der Waals surface area (Å²) in [6.07, 6.45) is 3.92. The van der Waals surface area contributed by atoms with Gasteiger partial charge in [0.05, 0.1) is 0 Å². The molecule has 0 saturated carbocycles. The Morgan fingerprint density at radius 2 is 1.62 bits per heavy atom. The van der Waals surface area contributed by atoms with Crippen molar-refractivity contribution >= 4 is 5.69 Å². The third-order valence-electron chi connectivity index (χ3n) is 2.39. The van der Waals surface area contributed by atoms with Gasteiger partial charge in [-0.3, -0.25) is 0 Å². The maximum atomic E-state index is 3.22. The highest BCUT2D eigenvalue weighted by atomic mass is 14.8. The molecule has 1 nitrogen and oxygen atoms in total. The highest BCUT2D eigenvalue weighted by Gasteiger charge is 1.96. The number of hydrogen-bond donors (Lipinski definition) is 1. The molecule has 0 saturated heterocycles. The second kappa shape index (κ2) is 5.17. The summed E-state index contributed by atoms with van der Waals surface area (Å²) in [5.41, 5.74) is 3.58. The Morgan fingerprint density at radius 3 is 2.38 bits per heavy atom. The first-order chi connectivity index (χ1) is 7.90. The summed E-state index contributed by atoms with van der Waals surface area (Å²) in [5, 5.41) is 3.22. The van der Waals surface area contributed by atoms with Gasteiger partial charge < -0.3 is 5.32 Å². The molecule has 80 valence electrons. The highest BCUT2D eigenvalue weighted by Crippen LogP contribution is 2.22. The molecule has 0 atom stereocenters. The lowest BCUT2D eigenvalue weighted by molar-refractivity contribution is 1.54. The normalized spacial score (nSPS) is 10.6. The number of nitrogens with one attached hydrogen (secondary N) is 1. The van der Waals surface area contributed by atoms with Crippen molar-refractivity contribution in [2.24, 2.45) is 0 Å².